The molecule has 1 heterocycles. The molecule has 0 radical (unpaired) electrons. The van der Waals surface area contributed by atoms with Crippen molar-refractivity contribution < 1.29 is 0 Å². The summed E-state index contributed by atoms with van der Waals surface area (Å²) < 4.78 is 0. The van der Waals surface area contributed by atoms with Gasteiger partial charge in [0.2, 0.25) is 0 Å². The highest BCUT2D eigenvalue weighted by atomic mass is 15.5. The molecule has 0 spiro atoms. The molecular formula is C5H9N3. The number of hydrogen-bond donors (Lipinski definition) is 1. The lowest BCUT2D eigenvalue weighted by atomic mass is 10.8. The standard InChI is InChI=1S/C5H9N3/c1-2-6-8-5-3-4-7-8/h3-6H,2H2,1H3. The summed E-state index contributed by atoms with van der Waals surface area (Å²) in [5.41, 5.74) is 2.99. The zero-order valence-electron chi connectivity index (χ0n) is 4.83. The molecule has 1 aromatic rings. The molecule has 0 aromatic carbocycles. The van der Waals surface area contributed by atoms with Crippen LogP contribution in [-0.4, -0.2) is 16.4 Å². The van der Waals surface area contributed by atoms with E-state index in [4.69, 9.17) is 0 Å². The number of hydrogen-bond acceptors (Lipinski definition) is 2. The topological polar surface area (TPSA) is 29.9 Å². The quantitative estimate of drug-likeness (QED) is 0.600. The highest BCUT2D eigenvalue weighted by molar-refractivity contribution is 4.80. The summed E-state index contributed by atoms with van der Waals surface area (Å²) in [6.45, 7) is 2.93. The van der Waals surface area contributed by atoms with E-state index >= 15 is 0 Å². The van der Waals surface area contributed by atoms with E-state index in [0.717, 1.165) is 6.54 Å². The molecule has 0 bridgehead atoms. The maximum Gasteiger partial charge on any atom is 0.0510 e. The Morgan fingerprint density at radius 3 is 3.12 bits per heavy atom. The van der Waals surface area contributed by atoms with E-state index in [1.807, 2.05) is 19.2 Å². The van der Waals surface area contributed by atoms with Crippen molar-refractivity contribution in [2.24, 2.45) is 0 Å². The first-order valence-electron chi connectivity index (χ1n) is 2.67. The van der Waals surface area contributed by atoms with Gasteiger partial charge in [-0.2, -0.15) is 9.89 Å². The van der Waals surface area contributed by atoms with Gasteiger partial charge >= 0.3 is 0 Å². The monoisotopic (exact) mass is 111 g/mol. The molecule has 0 aliphatic rings. The summed E-state index contributed by atoms with van der Waals surface area (Å²) in [7, 11) is 0. The number of rotatable bonds is 2. The molecule has 1 rings (SSSR count). The van der Waals surface area contributed by atoms with Gasteiger partial charge in [0.1, 0.15) is 0 Å². The van der Waals surface area contributed by atoms with Crippen LogP contribution in [0.25, 0.3) is 0 Å². The lowest BCUT2D eigenvalue weighted by Crippen LogP contribution is -2.13. The van der Waals surface area contributed by atoms with Crippen LogP contribution in [0.15, 0.2) is 18.5 Å². The molecule has 0 saturated carbocycles. The fourth-order valence-electron chi connectivity index (χ4n) is 0.524. The first-order chi connectivity index (χ1) is 3.93. The van der Waals surface area contributed by atoms with Crippen LogP contribution < -0.4 is 5.43 Å². The van der Waals surface area contributed by atoms with Gasteiger partial charge in [0.05, 0.1) is 6.20 Å². The largest absolute Gasteiger partial charge is 0.310 e. The number of aromatic nitrogens is 2. The average molecular weight is 111 g/mol. The fraction of sp³-hybridized carbons (Fsp3) is 0.400. The summed E-state index contributed by atoms with van der Waals surface area (Å²) in [4.78, 5) is 1.68. The molecule has 0 atom stereocenters. The van der Waals surface area contributed by atoms with Gasteiger partial charge in [0, 0.05) is 12.7 Å². The zero-order chi connectivity index (χ0) is 5.82. The van der Waals surface area contributed by atoms with Crippen LogP contribution in [0.5, 0.6) is 0 Å². The van der Waals surface area contributed by atoms with E-state index in [0.29, 0.717) is 0 Å². The van der Waals surface area contributed by atoms with E-state index < -0.39 is 0 Å². The lowest BCUT2D eigenvalue weighted by Gasteiger charge is -1.98. The molecule has 1 aromatic heterocycles. The van der Waals surface area contributed by atoms with Crippen molar-refractivity contribution in [3.63, 3.8) is 0 Å². The van der Waals surface area contributed by atoms with Gasteiger partial charge in [0.25, 0.3) is 0 Å². The van der Waals surface area contributed by atoms with Gasteiger partial charge in [-0.1, -0.05) is 0 Å². The van der Waals surface area contributed by atoms with Crippen molar-refractivity contribution in [2.45, 2.75) is 6.92 Å². The minimum Gasteiger partial charge on any atom is -0.310 e. The van der Waals surface area contributed by atoms with Gasteiger partial charge < -0.3 is 5.43 Å². The summed E-state index contributed by atoms with van der Waals surface area (Å²) in [5.74, 6) is 0. The highest BCUT2D eigenvalue weighted by Crippen LogP contribution is 1.76. The molecule has 3 heteroatoms. The summed E-state index contributed by atoms with van der Waals surface area (Å²) in [5, 5.41) is 3.91. The minimum atomic E-state index is 0.904. The van der Waals surface area contributed by atoms with Gasteiger partial charge in [-0.05, 0) is 13.0 Å². The normalized spacial score (nSPS) is 9.12. The van der Waals surface area contributed by atoms with Crippen LogP contribution in [0.4, 0.5) is 0 Å². The van der Waals surface area contributed by atoms with Crippen LogP contribution in [0, 0.1) is 0 Å². The SMILES string of the molecule is CCNn1cccn1. The predicted molar refractivity (Wildman–Crippen MR) is 32.1 cm³/mol. The van der Waals surface area contributed by atoms with Crippen molar-refractivity contribution in [3.8, 4) is 0 Å². The first kappa shape index (κ1) is 5.15. The molecule has 44 valence electrons. The van der Waals surface area contributed by atoms with Crippen LogP contribution in [0.2, 0.25) is 0 Å². The molecule has 0 aliphatic carbocycles. The Hall–Kier alpha value is -0.990. The van der Waals surface area contributed by atoms with Crippen molar-refractivity contribution >= 4 is 0 Å². The smallest absolute Gasteiger partial charge is 0.0510 e. The Labute approximate surface area is 48.3 Å². The molecule has 0 fully saturated rings. The second kappa shape index (κ2) is 2.35. The van der Waals surface area contributed by atoms with Crippen LogP contribution >= 0.6 is 0 Å². The molecule has 0 saturated heterocycles. The summed E-state index contributed by atoms with van der Waals surface area (Å²) in [6, 6.07) is 1.88. The van der Waals surface area contributed by atoms with Gasteiger partial charge in [0.15, 0.2) is 0 Å². The van der Waals surface area contributed by atoms with Crippen molar-refractivity contribution in [3.05, 3.63) is 18.5 Å². The summed E-state index contributed by atoms with van der Waals surface area (Å²) >= 11 is 0. The molecule has 0 amide bonds. The van der Waals surface area contributed by atoms with E-state index in [1.165, 1.54) is 0 Å². The van der Waals surface area contributed by atoms with Crippen LogP contribution in [0.3, 0.4) is 0 Å². The van der Waals surface area contributed by atoms with Crippen molar-refractivity contribution in [2.75, 3.05) is 12.0 Å². The Morgan fingerprint density at radius 2 is 2.62 bits per heavy atom. The Balaban J connectivity index is 2.50. The van der Waals surface area contributed by atoms with Gasteiger partial charge in [-0.15, -0.1) is 0 Å². The second-order valence-corrected chi connectivity index (χ2v) is 1.46. The maximum absolute atomic E-state index is 3.91. The molecule has 0 unspecified atom stereocenters. The van der Waals surface area contributed by atoms with E-state index in [1.54, 1.807) is 11.0 Å². The Bertz CT molecular complexity index is 133. The van der Waals surface area contributed by atoms with Gasteiger partial charge in [-0.3, -0.25) is 0 Å². The average Bonchev–Trinajstić information content (AvgIpc) is 2.19. The third-order valence-corrected chi connectivity index (χ3v) is 0.825. The molecule has 1 N–H and O–H groups in total. The Kier molecular flexibility index (Phi) is 1.51. The Morgan fingerprint density at radius 1 is 1.75 bits per heavy atom. The second-order valence-electron chi connectivity index (χ2n) is 1.46. The third kappa shape index (κ3) is 0.992. The lowest BCUT2D eigenvalue weighted by molar-refractivity contribution is 0.747. The van der Waals surface area contributed by atoms with E-state index in [2.05, 4.69) is 10.5 Å². The van der Waals surface area contributed by atoms with E-state index in [9.17, 15) is 0 Å². The fourth-order valence-corrected chi connectivity index (χ4v) is 0.524. The van der Waals surface area contributed by atoms with Crippen molar-refractivity contribution in [1.29, 1.82) is 0 Å². The third-order valence-electron chi connectivity index (χ3n) is 0.825. The molecule has 0 aliphatic heterocycles. The van der Waals surface area contributed by atoms with Crippen LogP contribution in [0.1, 0.15) is 6.92 Å². The maximum atomic E-state index is 3.91. The molecular weight excluding hydrogens is 102 g/mol. The summed E-state index contributed by atoms with van der Waals surface area (Å²) in [6.07, 6.45) is 3.60. The zero-order valence-corrected chi connectivity index (χ0v) is 4.83. The van der Waals surface area contributed by atoms with Crippen molar-refractivity contribution in [1.82, 2.24) is 9.89 Å². The molecule has 3 nitrogen and oxygen atoms in total. The molecule has 8 heavy (non-hydrogen) atoms. The van der Waals surface area contributed by atoms with E-state index in [-0.39, 0.29) is 0 Å². The highest BCUT2D eigenvalue weighted by Gasteiger charge is 1.79. The number of nitrogens with zero attached hydrogens (tertiary/aromatic N) is 2. The first-order valence-corrected chi connectivity index (χ1v) is 2.67. The van der Waals surface area contributed by atoms with Gasteiger partial charge in [-0.25, -0.2) is 0 Å². The van der Waals surface area contributed by atoms with Crippen LogP contribution in [-0.2, 0) is 0 Å². The minimum absolute atomic E-state index is 0.904. The predicted octanol–water partition coefficient (Wildman–Crippen LogP) is 0.446. The number of nitrogens with one attached hydrogen (secondary N) is 1.